The highest BCUT2D eigenvalue weighted by molar-refractivity contribution is 6.29. The molecule has 0 amide bonds. The number of aliphatic hydroxyl groups excluding tert-OH is 5. The molecule has 0 spiro atoms. The summed E-state index contributed by atoms with van der Waals surface area (Å²) < 4.78 is 16.6. The number of carbonyl (C=O) groups excluding carboxylic acids is 2. The minimum Gasteiger partial charge on any atom is -0.486 e. The lowest BCUT2D eigenvalue weighted by molar-refractivity contribution is -0.277. The standard InChI is InChI=1S/C22H22O10/c23-7-8-30-21-13(31-22-20(29)19(28)18(27)14(9-24)32-22)6-5-12-15(21)17(26)11-4-2-1-3-10(11)16(12)25/h1-6,14,18-20,22-24,27-29H,7-9H2. The molecule has 2 aromatic rings. The molecule has 0 saturated carbocycles. The number of hydrogen-bond donors (Lipinski definition) is 5. The molecule has 0 bridgehead atoms. The molecule has 2 aromatic carbocycles. The Morgan fingerprint density at radius 1 is 0.844 bits per heavy atom. The topological polar surface area (TPSA) is 163 Å². The molecule has 5 N–H and O–H groups in total. The van der Waals surface area contributed by atoms with E-state index >= 15 is 0 Å². The van der Waals surface area contributed by atoms with E-state index in [1.165, 1.54) is 18.2 Å². The summed E-state index contributed by atoms with van der Waals surface area (Å²) in [5.74, 6) is -1.10. The van der Waals surface area contributed by atoms with Crippen molar-refractivity contribution in [1.29, 1.82) is 0 Å². The Labute approximate surface area is 182 Å². The van der Waals surface area contributed by atoms with Crippen LogP contribution < -0.4 is 9.47 Å². The molecule has 32 heavy (non-hydrogen) atoms. The molecule has 0 aromatic heterocycles. The molecule has 0 radical (unpaired) electrons. The monoisotopic (exact) mass is 446 g/mol. The first-order valence-electron chi connectivity index (χ1n) is 9.95. The lowest BCUT2D eigenvalue weighted by atomic mass is 9.83. The lowest BCUT2D eigenvalue weighted by Gasteiger charge is -2.39. The van der Waals surface area contributed by atoms with Crippen molar-refractivity contribution in [2.75, 3.05) is 19.8 Å². The van der Waals surface area contributed by atoms with Gasteiger partial charge < -0.3 is 39.7 Å². The summed E-state index contributed by atoms with van der Waals surface area (Å²) in [5.41, 5.74) is 0.455. The largest absolute Gasteiger partial charge is 0.486 e. The van der Waals surface area contributed by atoms with Crippen molar-refractivity contribution in [1.82, 2.24) is 0 Å². The van der Waals surface area contributed by atoms with E-state index in [4.69, 9.17) is 14.2 Å². The second-order valence-corrected chi connectivity index (χ2v) is 7.41. The maximum Gasteiger partial charge on any atom is 0.229 e. The number of rotatable bonds is 6. The molecule has 10 nitrogen and oxygen atoms in total. The molecule has 1 aliphatic heterocycles. The summed E-state index contributed by atoms with van der Waals surface area (Å²) in [4.78, 5) is 26.1. The molecule has 4 rings (SSSR count). The van der Waals surface area contributed by atoms with Crippen molar-refractivity contribution in [3.63, 3.8) is 0 Å². The van der Waals surface area contributed by atoms with Crippen LogP contribution in [0.1, 0.15) is 31.8 Å². The highest BCUT2D eigenvalue weighted by Gasteiger charge is 2.45. The van der Waals surface area contributed by atoms with Gasteiger partial charge in [-0.15, -0.1) is 0 Å². The van der Waals surface area contributed by atoms with E-state index in [-0.39, 0.29) is 52.7 Å². The van der Waals surface area contributed by atoms with Gasteiger partial charge in [-0.25, -0.2) is 0 Å². The molecule has 1 fully saturated rings. The highest BCUT2D eigenvalue weighted by Crippen LogP contribution is 2.40. The normalized spacial score (nSPS) is 27.0. The minimum atomic E-state index is -1.69. The molecule has 10 heteroatoms. The molecule has 5 atom stereocenters. The predicted octanol–water partition coefficient (Wildman–Crippen LogP) is -0.988. The van der Waals surface area contributed by atoms with Crippen LogP contribution >= 0.6 is 0 Å². The number of ketones is 2. The molecule has 5 unspecified atom stereocenters. The van der Waals surface area contributed by atoms with Gasteiger partial charge in [0.15, 0.2) is 23.1 Å². The SMILES string of the molecule is O=C1c2ccccc2C(=O)c2c1ccc(OC1OC(CO)C(O)C(O)C1O)c2OCCO. The summed E-state index contributed by atoms with van der Waals surface area (Å²) in [6.45, 7) is -1.25. The summed E-state index contributed by atoms with van der Waals surface area (Å²) in [6.07, 6.45) is -7.65. The Bertz CT molecular complexity index is 1030. The molecule has 1 aliphatic carbocycles. The zero-order valence-electron chi connectivity index (χ0n) is 16.7. The molecule has 1 heterocycles. The predicted molar refractivity (Wildman–Crippen MR) is 107 cm³/mol. The van der Waals surface area contributed by atoms with Crippen LogP contribution in [-0.2, 0) is 4.74 Å². The molecule has 1 saturated heterocycles. The fourth-order valence-electron chi connectivity index (χ4n) is 3.81. The molecule has 2 aliphatic rings. The van der Waals surface area contributed by atoms with Crippen molar-refractivity contribution in [2.24, 2.45) is 0 Å². The van der Waals surface area contributed by atoms with Crippen LogP contribution in [-0.4, -0.2) is 87.6 Å². The summed E-state index contributed by atoms with van der Waals surface area (Å²) in [6, 6.07) is 9.04. The van der Waals surface area contributed by atoms with E-state index in [9.17, 15) is 35.1 Å². The van der Waals surface area contributed by atoms with Gasteiger partial charge in [0.05, 0.1) is 18.8 Å². The van der Waals surface area contributed by atoms with Gasteiger partial charge in [-0.1, -0.05) is 24.3 Å². The Morgan fingerprint density at radius 2 is 1.53 bits per heavy atom. The first-order valence-corrected chi connectivity index (χ1v) is 9.95. The van der Waals surface area contributed by atoms with E-state index in [0.717, 1.165) is 0 Å². The number of aliphatic hydroxyl groups is 5. The van der Waals surface area contributed by atoms with Crippen molar-refractivity contribution in [3.05, 3.63) is 58.7 Å². The Morgan fingerprint density at radius 3 is 2.19 bits per heavy atom. The number of hydrogen-bond acceptors (Lipinski definition) is 10. The fourth-order valence-corrected chi connectivity index (χ4v) is 3.81. The number of ether oxygens (including phenoxy) is 3. The van der Waals surface area contributed by atoms with Crippen LogP contribution in [0.2, 0.25) is 0 Å². The average Bonchev–Trinajstić information content (AvgIpc) is 2.81. The van der Waals surface area contributed by atoms with E-state index < -0.39 is 43.1 Å². The highest BCUT2D eigenvalue weighted by atomic mass is 16.7. The van der Waals surface area contributed by atoms with Gasteiger partial charge in [-0.3, -0.25) is 9.59 Å². The van der Waals surface area contributed by atoms with Crippen LogP contribution in [0.4, 0.5) is 0 Å². The lowest BCUT2D eigenvalue weighted by Crippen LogP contribution is -2.60. The zero-order valence-corrected chi connectivity index (χ0v) is 16.7. The van der Waals surface area contributed by atoms with E-state index in [2.05, 4.69) is 0 Å². The smallest absolute Gasteiger partial charge is 0.229 e. The molecular weight excluding hydrogens is 424 g/mol. The van der Waals surface area contributed by atoms with Crippen LogP contribution in [0.5, 0.6) is 11.5 Å². The van der Waals surface area contributed by atoms with Gasteiger partial charge in [0, 0.05) is 16.7 Å². The van der Waals surface area contributed by atoms with Gasteiger partial charge in [-0.2, -0.15) is 0 Å². The van der Waals surface area contributed by atoms with Gasteiger partial charge >= 0.3 is 0 Å². The van der Waals surface area contributed by atoms with Crippen LogP contribution in [0.15, 0.2) is 36.4 Å². The quantitative estimate of drug-likeness (QED) is 0.318. The molecular formula is C22H22O10. The second kappa shape index (κ2) is 8.94. The number of benzene rings is 2. The molecule has 170 valence electrons. The van der Waals surface area contributed by atoms with Gasteiger partial charge in [0.25, 0.3) is 0 Å². The van der Waals surface area contributed by atoms with Crippen molar-refractivity contribution >= 4 is 11.6 Å². The van der Waals surface area contributed by atoms with Gasteiger partial charge in [-0.05, 0) is 12.1 Å². The van der Waals surface area contributed by atoms with Crippen LogP contribution in [0.3, 0.4) is 0 Å². The number of fused-ring (bicyclic) bond motifs is 2. The van der Waals surface area contributed by atoms with Crippen LogP contribution in [0, 0.1) is 0 Å². The van der Waals surface area contributed by atoms with E-state index in [0.29, 0.717) is 0 Å². The summed E-state index contributed by atoms with van der Waals surface area (Å²) in [7, 11) is 0. The third kappa shape index (κ3) is 3.66. The van der Waals surface area contributed by atoms with Gasteiger partial charge in [0.1, 0.15) is 31.0 Å². The number of carbonyl (C=O) groups is 2. The van der Waals surface area contributed by atoms with Crippen LogP contribution in [0.25, 0.3) is 0 Å². The Hall–Kier alpha value is -2.86. The Balaban J connectivity index is 1.75. The first kappa shape index (κ1) is 22.3. The maximum absolute atomic E-state index is 13.2. The van der Waals surface area contributed by atoms with E-state index in [1.807, 2.05) is 0 Å². The summed E-state index contributed by atoms with van der Waals surface area (Å²) in [5, 5.41) is 48.8. The third-order valence-corrected chi connectivity index (χ3v) is 5.44. The third-order valence-electron chi connectivity index (χ3n) is 5.44. The minimum absolute atomic E-state index is 0.0655. The van der Waals surface area contributed by atoms with Gasteiger partial charge in [0.2, 0.25) is 6.29 Å². The average molecular weight is 446 g/mol. The van der Waals surface area contributed by atoms with Crippen molar-refractivity contribution in [3.8, 4) is 11.5 Å². The Kier molecular flexibility index (Phi) is 6.24. The zero-order chi connectivity index (χ0) is 23.0. The summed E-state index contributed by atoms with van der Waals surface area (Å²) >= 11 is 0. The van der Waals surface area contributed by atoms with E-state index in [1.54, 1.807) is 18.2 Å². The van der Waals surface area contributed by atoms with Crippen molar-refractivity contribution < 1.29 is 49.3 Å². The first-order chi connectivity index (χ1) is 15.4. The van der Waals surface area contributed by atoms with Crippen molar-refractivity contribution in [2.45, 2.75) is 30.7 Å². The second-order valence-electron chi connectivity index (χ2n) is 7.41. The maximum atomic E-state index is 13.2. The fraction of sp³-hybridized carbons (Fsp3) is 0.364.